The Bertz CT molecular complexity index is 1140. The summed E-state index contributed by atoms with van der Waals surface area (Å²) in [6, 6.07) is 14.9. The van der Waals surface area contributed by atoms with E-state index in [2.05, 4.69) is 13.2 Å². The van der Waals surface area contributed by atoms with E-state index in [9.17, 15) is 14.0 Å². The van der Waals surface area contributed by atoms with Gasteiger partial charge < -0.3 is 9.47 Å². The first-order valence-electron chi connectivity index (χ1n) is 11.2. The van der Waals surface area contributed by atoms with Gasteiger partial charge in [0.2, 0.25) is 0 Å². The van der Waals surface area contributed by atoms with Crippen molar-refractivity contribution < 1.29 is 23.5 Å². The lowest BCUT2D eigenvalue weighted by Gasteiger charge is -2.19. The van der Waals surface area contributed by atoms with Crippen LogP contribution in [0.15, 0.2) is 90.8 Å². The van der Waals surface area contributed by atoms with Gasteiger partial charge in [0.25, 0.3) is 0 Å². The van der Waals surface area contributed by atoms with Gasteiger partial charge in [-0.15, -0.1) is 0 Å². The third kappa shape index (κ3) is 6.64. The summed E-state index contributed by atoms with van der Waals surface area (Å²) in [4.78, 5) is 23.0. The molecule has 0 N–H and O–H groups in total. The van der Waals surface area contributed by atoms with E-state index in [-0.39, 0.29) is 17.7 Å². The van der Waals surface area contributed by atoms with Crippen LogP contribution in [-0.2, 0) is 20.7 Å². The van der Waals surface area contributed by atoms with Crippen molar-refractivity contribution in [3.63, 3.8) is 0 Å². The fraction of sp³-hybridized carbons (Fsp3) is 0.241. The number of halogens is 1. The van der Waals surface area contributed by atoms with Crippen LogP contribution in [0.5, 0.6) is 5.75 Å². The van der Waals surface area contributed by atoms with E-state index in [1.807, 2.05) is 30.3 Å². The van der Waals surface area contributed by atoms with Gasteiger partial charge in [-0.05, 0) is 68.0 Å². The number of aryl methyl sites for hydroxylation is 1. The molecule has 1 unspecified atom stereocenters. The maximum absolute atomic E-state index is 14.9. The van der Waals surface area contributed by atoms with E-state index < -0.39 is 5.97 Å². The van der Waals surface area contributed by atoms with Crippen LogP contribution in [0, 0.1) is 0 Å². The quantitative estimate of drug-likeness (QED) is 0.182. The van der Waals surface area contributed by atoms with Crippen LogP contribution < -0.4 is 4.74 Å². The molecule has 0 aromatic heterocycles. The Kier molecular flexibility index (Phi) is 8.36. The van der Waals surface area contributed by atoms with Crippen molar-refractivity contribution in [2.45, 2.75) is 39.0 Å². The molecule has 0 spiro atoms. The van der Waals surface area contributed by atoms with Crippen LogP contribution in [0.25, 0.3) is 5.57 Å². The minimum Gasteiger partial charge on any atom is -0.462 e. The molecule has 0 radical (unpaired) electrons. The van der Waals surface area contributed by atoms with Gasteiger partial charge in [0.05, 0.1) is 6.61 Å². The lowest BCUT2D eigenvalue weighted by molar-refractivity contribution is -0.139. The number of allylic oxidation sites excluding steroid dienone is 4. The summed E-state index contributed by atoms with van der Waals surface area (Å²) in [6.45, 7) is 10.7. The molecule has 1 atom stereocenters. The fourth-order valence-electron chi connectivity index (χ4n) is 3.56. The van der Waals surface area contributed by atoms with Gasteiger partial charge in [-0.2, -0.15) is 0 Å². The predicted molar refractivity (Wildman–Crippen MR) is 132 cm³/mol. The highest BCUT2D eigenvalue weighted by atomic mass is 19.1. The van der Waals surface area contributed by atoms with E-state index in [0.29, 0.717) is 35.5 Å². The molecule has 176 valence electrons. The molecule has 1 aliphatic rings. The zero-order valence-corrected chi connectivity index (χ0v) is 19.6. The van der Waals surface area contributed by atoms with Crippen molar-refractivity contribution in [2.24, 2.45) is 0 Å². The van der Waals surface area contributed by atoms with Crippen LogP contribution in [-0.4, -0.2) is 18.5 Å². The molecular weight excluding hydrogens is 431 g/mol. The van der Waals surface area contributed by atoms with Crippen molar-refractivity contribution in [1.29, 1.82) is 0 Å². The Morgan fingerprint density at radius 3 is 2.21 bits per heavy atom. The molecular formula is C29H29FO4. The third-order valence-electron chi connectivity index (χ3n) is 5.50. The van der Waals surface area contributed by atoms with Crippen molar-refractivity contribution in [3.05, 3.63) is 108 Å². The molecule has 0 saturated carbocycles. The Morgan fingerprint density at radius 2 is 1.62 bits per heavy atom. The summed E-state index contributed by atoms with van der Waals surface area (Å²) >= 11 is 0. The number of hydrogen-bond acceptors (Lipinski definition) is 4. The zero-order valence-electron chi connectivity index (χ0n) is 19.6. The topological polar surface area (TPSA) is 52.6 Å². The Morgan fingerprint density at radius 1 is 0.971 bits per heavy atom. The van der Waals surface area contributed by atoms with Gasteiger partial charge in [-0.1, -0.05) is 55.6 Å². The molecule has 4 nitrogen and oxygen atoms in total. The van der Waals surface area contributed by atoms with E-state index in [0.717, 1.165) is 29.5 Å². The normalized spacial score (nSPS) is 15.1. The molecule has 1 aliphatic carbocycles. The first-order chi connectivity index (χ1) is 16.2. The first-order valence-corrected chi connectivity index (χ1v) is 11.2. The molecule has 34 heavy (non-hydrogen) atoms. The van der Waals surface area contributed by atoms with Crippen LogP contribution >= 0.6 is 0 Å². The number of esters is 2. The van der Waals surface area contributed by atoms with Gasteiger partial charge >= 0.3 is 11.9 Å². The van der Waals surface area contributed by atoms with Gasteiger partial charge in [0.15, 0.2) is 0 Å². The molecule has 5 heteroatoms. The molecule has 0 saturated heterocycles. The Hall–Kier alpha value is -3.73. The lowest BCUT2D eigenvalue weighted by Crippen LogP contribution is -2.08. The molecule has 0 aliphatic heterocycles. The second-order valence-electron chi connectivity index (χ2n) is 8.43. The number of carbonyl (C=O) groups is 2. The SMILES string of the molecule is C=C(C)C(=O)OCCCc1ccc(C2C=C(F)C(c3ccc(OC(=O)C(=C)C)cc3)=CC2)cc1. The largest absolute Gasteiger partial charge is 0.462 e. The average molecular weight is 461 g/mol. The standard InChI is InChI=1S/C29H29FO4/c1-19(2)28(31)33-17-5-6-21-7-9-22(10-8-21)24-13-16-26(27(30)18-24)23-11-14-25(15-12-23)34-29(32)20(3)4/h7-12,14-16,18,24H,1,3,5-6,13,17H2,2,4H3. The molecule has 0 heterocycles. The number of benzene rings is 2. The maximum atomic E-state index is 14.9. The van der Waals surface area contributed by atoms with Crippen LogP contribution in [0.4, 0.5) is 4.39 Å². The number of hydrogen-bond donors (Lipinski definition) is 0. The number of rotatable bonds is 9. The van der Waals surface area contributed by atoms with Crippen molar-refractivity contribution >= 4 is 17.5 Å². The first kappa shape index (κ1) is 24.9. The number of carbonyl (C=O) groups excluding carboxylic acids is 2. The maximum Gasteiger partial charge on any atom is 0.338 e. The molecule has 2 aromatic rings. The van der Waals surface area contributed by atoms with Gasteiger partial charge in [-0.3, -0.25) is 0 Å². The highest BCUT2D eigenvalue weighted by molar-refractivity contribution is 5.89. The Labute approximate surface area is 200 Å². The summed E-state index contributed by atoms with van der Waals surface area (Å²) in [7, 11) is 0. The van der Waals surface area contributed by atoms with E-state index in [1.165, 1.54) is 0 Å². The summed E-state index contributed by atoms with van der Waals surface area (Å²) in [5.74, 6) is -0.771. The van der Waals surface area contributed by atoms with Crippen molar-refractivity contribution in [3.8, 4) is 5.75 Å². The average Bonchev–Trinajstić information content (AvgIpc) is 2.82. The second kappa shape index (κ2) is 11.4. The van der Waals surface area contributed by atoms with Crippen LogP contribution in [0.2, 0.25) is 0 Å². The van der Waals surface area contributed by atoms with Gasteiger partial charge in [-0.25, -0.2) is 14.0 Å². The minimum atomic E-state index is -0.490. The molecule has 0 amide bonds. The smallest absolute Gasteiger partial charge is 0.338 e. The second-order valence-corrected chi connectivity index (χ2v) is 8.43. The van der Waals surface area contributed by atoms with Gasteiger partial charge in [0.1, 0.15) is 11.6 Å². The monoisotopic (exact) mass is 460 g/mol. The summed E-state index contributed by atoms with van der Waals surface area (Å²) in [5.41, 5.74) is 4.16. The fourth-order valence-corrected chi connectivity index (χ4v) is 3.56. The Balaban J connectivity index is 1.56. The highest BCUT2D eigenvalue weighted by Crippen LogP contribution is 2.36. The van der Waals surface area contributed by atoms with E-state index in [4.69, 9.17) is 9.47 Å². The van der Waals surface area contributed by atoms with Crippen molar-refractivity contribution in [2.75, 3.05) is 6.61 Å². The highest BCUT2D eigenvalue weighted by Gasteiger charge is 2.19. The van der Waals surface area contributed by atoms with Gasteiger partial charge in [0, 0.05) is 22.6 Å². The van der Waals surface area contributed by atoms with Crippen LogP contribution in [0.1, 0.15) is 49.3 Å². The molecule has 2 aromatic carbocycles. The summed E-state index contributed by atoms with van der Waals surface area (Å²) < 4.78 is 25.2. The van der Waals surface area contributed by atoms with E-state index in [1.54, 1.807) is 44.2 Å². The summed E-state index contributed by atoms with van der Waals surface area (Å²) in [5, 5.41) is 0. The lowest BCUT2D eigenvalue weighted by atomic mass is 9.87. The molecule has 0 fully saturated rings. The minimum absolute atomic E-state index is 0.0369. The van der Waals surface area contributed by atoms with Crippen LogP contribution in [0.3, 0.4) is 0 Å². The summed E-state index contributed by atoms with van der Waals surface area (Å²) in [6.07, 6.45) is 5.76. The van der Waals surface area contributed by atoms with E-state index >= 15 is 0 Å². The predicted octanol–water partition coefficient (Wildman–Crippen LogP) is 6.64. The third-order valence-corrected chi connectivity index (χ3v) is 5.50. The van der Waals surface area contributed by atoms with Crippen molar-refractivity contribution in [1.82, 2.24) is 0 Å². The molecule has 0 bridgehead atoms. The molecule has 3 rings (SSSR count). The number of ether oxygens (including phenoxy) is 2. The zero-order chi connectivity index (χ0) is 24.7.